The predicted octanol–water partition coefficient (Wildman–Crippen LogP) is 4.46. The molecule has 2 aromatic rings. The van der Waals surface area contributed by atoms with E-state index in [1.165, 1.54) is 36.8 Å². The second kappa shape index (κ2) is 9.80. The number of carbonyl (C=O) groups is 1. The fourth-order valence-corrected chi connectivity index (χ4v) is 3.82. The molecule has 1 N–H and O–H groups in total. The minimum Gasteiger partial charge on any atom is -0.452 e. The largest absolute Gasteiger partial charge is 0.452 e. The molecule has 0 fully saturated rings. The number of hydrogen-bond acceptors (Lipinski definition) is 6. The Kier molecular flexibility index (Phi) is 6.81. The van der Waals surface area contributed by atoms with Crippen molar-refractivity contribution in [3.05, 3.63) is 78.2 Å². The van der Waals surface area contributed by atoms with E-state index >= 15 is 0 Å². The fourth-order valence-electron chi connectivity index (χ4n) is 3.82. The molecule has 1 unspecified atom stereocenters. The number of allylic oxidation sites excluding steroid dienone is 3. The summed E-state index contributed by atoms with van der Waals surface area (Å²) in [6, 6.07) is 6.75. The standard InChI is InChI=1S/C23H19F5N4O3/c24-13-22(16-10-15(6-7-17(16)25)34-19-12-29-8-9-30-19)11-18(23(26,27)28)35-21(32-22)31-20(33)14-4-2-1-3-5-14/h1-9,12,16,18H,10-11,13H2,(H,31,32,33)/t16?,18-,22+/m0/s1. The van der Waals surface area contributed by atoms with Gasteiger partial charge in [-0.25, -0.2) is 18.8 Å². The minimum absolute atomic E-state index is 0.0713. The van der Waals surface area contributed by atoms with Crippen molar-refractivity contribution >= 4 is 11.9 Å². The molecule has 0 saturated carbocycles. The summed E-state index contributed by atoms with van der Waals surface area (Å²) in [5.74, 6) is -2.95. The van der Waals surface area contributed by atoms with Crippen molar-refractivity contribution in [1.29, 1.82) is 0 Å². The maximum Gasteiger partial charge on any atom is 0.425 e. The van der Waals surface area contributed by atoms with E-state index in [1.807, 2.05) is 0 Å². The Balaban J connectivity index is 1.65. The van der Waals surface area contributed by atoms with Crippen molar-refractivity contribution in [3.8, 4) is 5.88 Å². The quantitative estimate of drug-likeness (QED) is 0.621. The van der Waals surface area contributed by atoms with Gasteiger partial charge in [0.2, 0.25) is 5.88 Å². The van der Waals surface area contributed by atoms with Crippen LogP contribution in [0.2, 0.25) is 0 Å². The van der Waals surface area contributed by atoms with Gasteiger partial charge in [0.15, 0.2) is 6.10 Å². The number of amides is 1. The molecule has 3 atom stereocenters. The Morgan fingerprint density at radius 3 is 2.63 bits per heavy atom. The number of ether oxygens (including phenoxy) is 2. The summed E-state index contributed by atoms with van der Waals surface area (Å²) in [4.78, 5) is 24.2. The summed E-state index contributed by atoms with van der Waals surface area (Å²) >= 11 is 0. The van der Waals surface area contributed by atoms with Crippen LogP contribution >= 0.6 is 0 Å². The van der Waals surface area contributed by atoms with Gasteiger partial charge in [-0.05, 0) is 24.3 Å². The molecule has 12 heteroatoms. The number of aromatic nitrogens is 2. The lowest BCUT2D eigenvalue weighted by Crippen LogP contribution is -2.54. The lowest BCUT2D eigenvalue weighted by Gasteiger charge is -2.41. The smallest absolute Gasteiger partial charge is 0.425 e. The van der Waals surface area contributed by atoms with E-state index in [0.717, 1.165) is 6.08 Å². The second-order valence-corrected chi connectivity index (χ2v) is 7.91. The van der Waals surface area contributed by atoms with Gasteiger partial charge >= 0.3 is 6.18 Å². The van der Waals surface area contributed by atoms with Crippen molar-refractivity contribution in [3.63, 3.8) is 0 Å². The third-order valence-corrected chi connectivity index (χ3v) is 5.56. The first-order chi connectivity index (χ1) is 16.7. The molecule has 184 valence electrons. The summed E-state index contributed by atoms with van der Waals surface area (Å²) in [6.45, 7) is -1.45. The van der Waals surface area contributed by atoms with Gasteiger partial charge in [-0.3, -0.25) is 15.1 Å². The van der Waals surface area contributed by atoms with Gasteiger partial charge in [0.05, 0.1) is 6.20 Å². The highest BCUT2D eigenvalue weighted by molar-refractivity contribution is 6.04. The topological polar surface area (TPSA) is 85.7 Å². The molecular weight excluding hydrogens is 475 g/mol. The molecule has 0 radical (unpaired) electrons. The molecule has 2 heterocycles. The first-order valence-electron chi connectivity index (χ1n) is 10.5. The number of aliphatic imine (C=N–C) groups is 1. The number of amidine groups is 1. The highest BCUT2D eigenvalue weighted by atomic mass is 19.4. The molecule has 0 spiro atoms. The van der Waals surface area contributed by atoms with Crippen LogP contribution in [0.5, 0.6) is 5.88 Å². The number of nitrogens with one attached hydrogen (secondary N) is 1. The van der Waals surface area contributed by atoms with Crippen LogP contribution < -0.4 is 10.1 Å². The third-order valence-electron chi connectivity index (χ3n) is 5.56. The average molecular weight is 494 g/mol. The Morgan fingerprint density at radius 1 is 1.20 bits per heavy atom. The number of hydrogen-bond donors (Lipinski definition) is 1. The van der Waals surface area contributed by atoms with E-state index < -0.39 is 54.6 Å². The number of rotatable bonds is 5. The third kappa shape index (κ3) is 5.47. The van der Waals surface area contributed by atoms with Gasteiger partial charge in [0.1, 0.15) is 23.8 Å². The number of halogens is 5. The molecule has 4 rings (SSSR count). The van der Waals surface area contributed by atoms with E-state index in [-0.39, 0.29) is 23.6 Å². The van der Waals surface area contributed by atoms with Crippen LogP contribution in [0.3, 0.4) is 0 Å². The van der Waals surface area contributed by atoms with E-state index in [0.29, 0.717) is 0 Å². The van der Waals surface area contributed by atoms with Gasteiger partial charge in [0, 0.05) is 36.7 Å². The van der Waals surface area contributed by atoms with Gasteiger partial charge in [-0.2, -0.15) is 13.2 Å². The average Bonchev–Trinajstić information content (AvgIpc) is 2.85. The second-order valence-electron chi connectivity index (χ2n) is 7.91. The van der Waals surface area contributed by atoms with Crippen molar-refractivity contribution in [2.24, 2.45) is 10.9 Å². The van der Waals surface area contributed by atoms with Crippen molar-refractivity contribution in [2.45, 2.75) is 30.7 Å². The van der Waals surface area contributed by atoms with Crippen LogP contribution in [0.25, 0.3) is 0 Å². The molecule has 1 amide bonds. The van der Waals surface area contributed by atoms with E-state index in [1.54, 1.807) is 18.2 Å². The Labute approximate surface area is 196 Å². The van der Waals surface area contributed by atoms with Crippen LogP contribution in [0.4, 0.5) is 22.0 Å². The Bertz CT molecular complexity index is 1150. The van der Waals surface area contributed by atoms with Crippen LogP contribution in [-0.2, 0) is 4.74 Å². The molecule has 35 heavy (non-hydrogen) atoms. The molecule has 1 aromatic carbocycles. The van der Waals surface area contributed by atoms with E-state index in [2.05, 4.69) is 20.3 Å². The van der Waals surface area contributed by atoms with E-state index in [4.69, 9.17) is 9.47 Å². The number of benzene rings is 1. The number of alkyl halides is 4. The van der Waals surface area contributed by atoms with Crippen LogP contribution in [-0.4, -0.2) is 46.4 Å². The molecule has 1 aliphatic heterocycles. The molecule has 0 saturated heterocycles. The van der Waals surface area contributed by atoms with E-state index in [9.17, 15) is 26.7 Å². The zero-order valence-electron chi connectivity index (χ0n) is 18.0. The van der Waals surface area contributed by atoms with Crippen molar-refractivity contribution in [2.75, 3.05) is 6.67 Å². The van der Waals surface area contributed by atoms with Crippen molar-refractivity contribution < 1.29 is 36.2 Å². The fraction of sp³-hybridized carbons (Fsp3) is 0.304. The van der Waals surface area contributed by atoms with Crippen LogP contribution in [0.1, 0.15) is 23.2 Å². The normalized spacial score (nSPS) is 24.4. The minimum atomic E-state index is -4.93. The maximum absolute atomic E-state index is 14.9. The Morgan fingerprint density at radius 2 is 1.97 bits per heavy atom. The SMILES string of the molecule is O=C(NC1=N[C@](CF)(C2CC(Oc3cnccn3)=CC=C2F)C[C@@H](C(F)(F)F)O1)c1ccccc1. The summed E-state index contributed by atoms with van der Waals surface area (Å²) in [6.07, 6.45) is -2.46. The molecule has 2 aliphatic rings. The van der Waals surface area contributed by atoms with Gasteiger partial charge in [0.25, 0.3) is 11.9 Å². The lowest BCUT2D eigenvalue weighted by molar-refractivity contribution is -0.210. The summed E-state index contributed by atoms with van der Waals surface area (Å²) < 4.78 is 81.0. The van der Waals surface area contributed by atoms with Gasteiger partial charge in [-0.1, -0.05) is 18.2 Å². The van der Waals surface area contributed by atoms with Crippen molar-refractivity contribution in [1.82, 2.24) is 15.3 Å². The number of nitrogens with zero attached hydrogens (tertiary/aromatic N) is 3. The van der Waals surface area contributed by atoms with Gasteiger partial charge < -0.3 is 9.47 Å². The predicted molar refractivity (Wildman–Crippen MR) is 114 cm³/mol. The molecule has 7 nitrogen and oxygen atoms in total. The summed E-state index contributed by atoms with van der Waals surface area (Å²) in [7, 11) is 0. The zero-order chi connectivity index (χ0) is 25.1. The zero-order valence-corrected chi connectivity index (χ0v) is 18.0. The van der Waals surface area contributed by atoms with Crippen LogP contribution in [0.15, 0.2) is 77.7 Å². The molecule has 0 bridgehead atoms. The monoisotopic (exact) mass is 494 g/mol. The first kappa shape index (κ1) is 24.3. The maximum atomic E-state index is 14.9. The highest BCUT2D eigenvalue weighted by Gasteiger charge is 2.55. The lowest BCUT2D eigenvalue weighted by atomic mass is 9.75. The van der Waals surface area contributed by atoms with Gasteiger partial charge in [-0.15, -0.1) is 0 Å². The molecule has 1 aromatic heterocycles. The molecular formula is C23H19F5N4O3. The first-order valence-corrected chi connectivity index (χ1v) is 10.5. The number of carbonyl (C=O) groups excluding carboxylic acids is 1. The van der Waals surface area contributed by atoms with Crippen LogP contribution in [0, 0.1) is 5.92 Å². The summed E-state index contributed by atoms with van der Waals surface area (Å²) in [5, 5.41) is 2.15. The summed E-state index contributed by atoms with van der Waals surface area (Å²) in [5.41, 5.74) is -2.10. The Hall–Kier alpha value is -3.83. The molecule has 1 aliphatic carbocycles. The highest BCUT2D eigenvalue weighted by Crippen LogP contribution is 2.45.